The van der Waals surface area contributed by atoms with Gasteiger partial charge in [-0.25, -0.2) is 10.8 Å². The molecule has 178 valence electrons. The smallest absolute Gasteiger partial charge is 0.395 e. The summed E-state index contributed by atoms with van der Waals surface area (Å²) in [7, 11) is 0. The summed E-state index contributed by atoms with van der Waals surface area (Å²) >= 11 is 0. The SMILES string of the molecule is N=C/C(Cc1cc(N)nc(NN)c1N)=C(\NCc1cccc(C2CCNCC2)c1)C(F)(F)F. The summed E-state index contributed by atoms with van der Waals surface area (Å²) in [6.07, 6.45) is -2.29. The minimum atomic E-state index is -4.69. The molecule has 0 unspecified atom stereocenters. The third-order valence-electron chi connectivity index (χ3n) is 5.69. The first-order valence-corrected chi connectivity index (χ1v) is 10.6. The number of pyridine rings is 1. The number of hydrazine groups is 1. The number of halogens is 3. The Morgan fingerprint density at radius 3 is 2.58 bits per heavy atom. The van der Waals surface area contributed by atoms with Crippen LogP contribution in [-0.4, -0.2) is 30.5 Å². The van der Waals surface area contributed by atoms with Gasteiger partial charge in [-0.1, -0.05) is 24.3 Å². The number of allylic oxidation sites excluding steroid dienone is 2. The van der Waals surface area contributed by atoms with Gasteiger partial charge in [-0.15, -0.1) is 0 Å². The van der Waals surface area contributed by atoms with E-state index in [-0.39, 0.29) is 41.4 Å². The lowest BCUT2D eigenvalue weighted by Crippen LogP contribution is -2.29. The van der Waals surface area contributed by atoms with Gasteiger partial charge >= 0.3 is 6.18 Å². The molecule has 2 heterocycles. The van der Waals surface area contributed by atoms with Gasteiger partial charge in [-0.2, -0.15) is 13.2 Å². The molecule has 2 aromatic rings. The Morgan fingerprint density at radius 2 is 1.94 bits per heavy atom. The fraction of sp³-hybridized carbons (Fsp3) is 0.364. The lowest BCUT2D eigenvalue weighted by Gasteiger charge is -2.23. The van der Waals surface area contributed by atoms with Crippen LogP contribution in [0, 0.1) is 5.41 Å². The van der Waals surface area contributed by atoms with E-state index in [1.165, 1.54) is 6.07 Å². The third-order valence-corrected chi connectivity index (χ3v) is 5.69. The second-order valence-electron chi connectivity index (χ2n) is 7.95. The van der Waals surface area contributed by atoms with Gasteiger partial charge in [0.1, 0.15) is 11.5 Å². The van der Waals surface area contributed by atoms with E-state index in [0.717, 1.165) is 37.1 Å². The molecule has 1 aromatic heterocycles. The van der Waals surface area contributed by atoms with Crippen LogP contribution in [0.25, 0.3) is 0 Å². The number of anilines is 3. The van der Waals surface area contributed by atoms with Crippen LogP contribution in [0.1, 0.15) is 35.4 Å². The van der Waals surface area contributed by atoms with Gasteiger partial charge in [0.25, 0.3) is 0 Å². The maximum atomic E-state index is 13.9. The zero-order chi connectivity index (χ0) is 24.0. The number of nitrogens with two attached hydrogens (primary N) is 3. The fourth-order valence-corrected chi connectivity index (χ4v) is 4.00. The first-order chi connectivity index (χ1) is 15.7. The van der Waals surface area contributed by atoms with E-state index in [0.29, 0.717) is 12.1 Å². The van der Waals surface area contributed by atoms with E-state index in [1.54, 1.807) is 6.07 Å². The average Bonchev–Trinajstić information content (AvgIpc) is 2.80. The van der Waals surface area contributed by atoms with Gasteiger partial charge in [0.05, 0.1) is 5.69 Å². The Kier molecular flexibility index (Phi) is 7.77. The van der Waals surface area contributed by atoms with Crippen molar-refractivity contribution >= 4 is 23.5 Å². The molecular weight excluding hydrogens is 433 g/mol. The Bertz CT molecular complexity index is 1010. The summed E-state index contributed by atoms with van der Waals surface area (Å²) in [4.78, 5) is 3.90. The lowest BCUT2D eigenvalue weighted by atomic mass is 9.89. The Hall–Kier alpha value is -3.31. The number of hydrogen-bond acceptors (Lipinski definition) is 8. The molecule has 0 bridgehead atoms. The van der Waals surface area contributed by atoms with Crippen molar-refractivity contribution < 1.29 is 13.2 Å². The number of nitrogen functional groups attached to an aromatic ring is 3. The molecule has 1 saturated heterocycles. The minimum Gasteiger partial charge on any atom is -0.395 e. The van der Waals surface area contributed by atoms with Crippen LogP contribution in [0.3, 0.4) is 0 Å². The number of nitrogens with zero attached hydrogens (tertiary/aromatic N) is 1. The van der Waals surface area contributed by atoms with Crippen LogP contribution in [0.2, 0.25) is 0 Å². The molecule has 0 aliphatic carbocycles. The van der Waals surface area contributed by atoms with Crippen molar-refractivity contribution in [2.24, 2.45) is 5.84 Å². The molecule has 0 spiro atoms. The zero-order valence-electron chi connectivity index (χ0n) is 18.1. The summed E-state index contributed by atoms with van der Waals surface area (Å²) in [6, 6.07) is 8.99. The standard InChI is InChI=1S/C22H29F3N8/c23-22(24,25)20(17(11-26)9-16-10-18(27)32-21(33-29)19(16)28)31-12-13-2-1-3-15(8-13)14-4-6-30-7-5-14/h1-3,8,10-11,14,26,30-31H,4-7,9,12,28-29H2,(H3,27,32,33)/b20-17-,26-11?. The maximum absolute atomic E-state index is 13.9. The maximum Gasteiger partial charge on any atom is 0.431 e. The van der Waals surface area contributed by atoms with E-state index >= 15 is 0 Å². The van der Waals surface area contributed by atoms with Crippen LogP contribution in [0.15, 0.2) is 41.6 Å². The molecule has 1 aliphatic heterocycles. The topological polar surface area (TPSA) is 151 Å². The van der Waals surface area contributed by atoms with Crippen molar-refractivity contribution in [1.82, 2.24) is 15.6 Å². The first-order valence-electron chi connectivity index (χ1n) is 10.6. The predicted octanol–water partition coefficient (Wildman–Crippen LogP) is 2.80. The van der Waals surface area contributed by atoms with Gasteiger partial charge < -0.3 is 32.9 Å². The Morgan fingerprint density at radius 1 is 1.21 bits per heavy atom. The fourth-order valence-electron chi connectivity index (χ4n) is 4.00. The zero-order valence-corrected chi connectivity index (χ0v) is 18.1. The van der Waals surface area contributed by atoms with Crippen molar-refractivity contribution in [3.05, 3.63) is 58.3 Å². The number of benzene rings is 1. The summed E-state index contributed by atoms with van der Waals surface area (Å²) in [5, 5.41) is 13.5. The largest absolute Gasteiger partial charge is 0.431 e. The van der Waals surface area contributed by atoms with Gasteiger partial charge in [0.15, 0.2) is 5.82 Å². The highest BCUT2D eigenvalue weighted by Gasteiger charge is 2.36. The van der Waals surface area contributed by atoms with Gasteiger partial charge in [-0.3, -0.25) is 0 Å². The van der Waals surface area contributed by atoms with Crippen LogP contribution in [-0.2, 0) is 13.0 Å². The van der Waals surface area contributed by atoms with Crippen LogP contribution in [0.4, 0.5) is 30.5 Å². The second-order valence-corrected chi connectivity index (χ2v) is 7.95. The van der Waals surface area contributed by atoms with E-state index < -0.39 is 11.9 Å². The number of piperidine rings is 1. The summed E-state index contributed by atoms with van der Waals surface area (Å²) in [5.41, 5.74) is 14.9. The average molecular weight is 463 g/mol. The summed E-state index contributed by atoms with van der Waals surface area (Å²) < 4.78 is 41.8. The number of alkyl halides is 3. The first kappa shape index (κ1) is 24.3. The predicted molar refractivity (Wildman–Crippen MR) is 125 cm³/mol. The quantitative estimate of drug-likeness (QED) is 0.181. The molecule has 1 aromatic carbocycles. The van der Waals surface area contributed by atoms with Crippen molar-refractivity contribution in [3.8, 4) is 0 Å². The highest BCUT2D eigenvalue weighted by Crippen LogP contribution is 2.31. The molecule has 8 nitrogen and oxygen atoms in total. The molecule has 33 heavy (non-hydrogen) atoms. The van der Waals surface area contributed by atoms with E-state index in [1.807, 2.05) is 18.2 Å². The van der Waals surface area contributed by atoms with E-state index in [4.69, 9.17) is 22.7 Å². The lowest BCUT2D eigenvalue weighted by molar-refractivity contribution is -0.0975. The number of nitrogens with one attached hydrogen (secondary N) is 4. The molecule has 1 fully saturated rings. The van der Waals surface area contributed by atoms with Gasteiger partial charge in [-0.05, 0) is 54.6 Å². The van der Waals surface area contributed by atoms with Crippen LogP contribution in [0.5, 0.6) is 0 Å². The van der Waals surface area contributed by atoms with Crippen molar-refractivity contribution in [1.29, 1.82) is 5.41 Å². The van der Waals surface area contributed by atoms with E-state index in [2.05, 4.69) is 21.0 Å². The Balaban J connectivity index is 1.86. The number of aromatic nitrogens is 1. The third kappa shape index (κ3) is 6.14. The molecule has 0 atom stereocenters. The highest BCUT2D eigenvalue weighted by molar-refractivity contribution is 5.80. The van der Waals surface area contributed by atoms with Gasteiger partial charge in [0, 0.05) is 24.8 Å². The Labute approximate surface area is 190 Å². The number of hydrogen-bond donors (Lipinski definition) is 7. The second kappa shape index (κ2) is 10.5. The molecule has 0 amide bonds. The monoisotopic (exact) mass is 462 g/mol. The molecule has 0 saturated carbocycles. The minimum absolute atomic E-state index is 0.0332. The van der Waals surface area contributed by atoms with Gasteiger partial charge in [0.2, 0.25) is 0 Å². The van der Waals surface area contributed by atoms with Crippen LogP contribution < -0.4 is 33.4 Å². The van der Waals surface area contributed by atoms with Crippen molar-refractivity contribution in [2.45, 2.75) is 37.9 Å². The van der Waals surface area contributed by atoms with E-state index in [9.17, 15) is 13.2 Å². The number of rotatable bonds is 8. The normalized spacial score (nSPS) is 15.6. The van der Waals surface area contributed by atoms with Crippen molar-refractivity contribution in [2.75, 3.05) is 30.0 Å². The molecular formula is C22H29F3N8. The summed E-state index contributed by atoms with van der Waals surface area (Å²) in [5.74, 6) is 5.86. The van der Waals surface area contributed by atoms with Crippen molar-refractivity contribution in [3.63, 3.8) is 0 Å². The molecule has 0 radical (unpaired) electrons. The highest BCUT2D eigenvalue weighted by atomic mass is 19.4. The summed E-state index contributed by atoms with van der Waals surface area (Å²) in [6.45, 7) is 1.83. The van der Waals surface area contributed by atoms with Crippen LogP contribution >= 0.6 is 0 Å². The molecule has 11 heteroatoms. The molecule has 3 rings (SSSR count). The molecule has 1 aliphatic rings. The molecule has 10 N–H and O–H groups in total.